The average molecular weight is 424 g/mol. The number of hydrogen-bond acceptors (Lipinski definition) is 4. The van der Waals surface area contributed by atoms with Crippen LogP contribution in [0.5, 0.6) is 0 Å². The molecule has 26 heavy (non-hydrogen) atoms. The number of ether oxygens (including phenoxy) is 1. The van der Waals surface area contributed by atoms with Crippen LogP contribution < -0.4 is 10.2 Å². The number of benzene rings is 1. The second-order valence-electron chi connectivity index (χ2n) is 7.49. The molecule has 2 aliphatic rings. The summed E-state index contributed by atoms with van der Waals surface area (Å²) in [4.78, 5) is 29.1. The van der Waals surface area contributed by atoms with Gasteiger partial charge in [-0.3, -0.25) is 14.5 Å². The number of nitrogens with zero attached hydrogens (tertiary/aromatic N) is 2. The zero-order valence-corrected chi connectivity index (χ0v) is 16.9. The third-order valence-electron chi connectivity index (χ3n) is 5.20. The number of morpholine rings is 1. The summed E-state index contributed by atoms with van der Waals surface area (Å²) in [5, 5.41) is 3.06. The van der Waals surface area contributed by atoms with Crippen molar-refractivity contribution >= 4 is 33.4 Å². The number of carbonyl (C=O) groups excluding carboxylic acids is 2. The fourth-order valence-corrected chi connectivity index (χ4v) is 4.01. The van der Waals surface area contributed by atoms with E-state index < -0.39 is 0 Å². The molecule has 0 bridgehead atoms. The molecule has 3 rings (SSSR count). The lowest BCUT2D eigenvalue weighted by Crippen LogP contribution is -2.55. The number of para-hydroxylation sites is 1. The molecule has 0 saturated carbocycles. The molecule has 2 heterocycles. The lowest BCUT2D eigenvalue weighted by molar-refractivity contribution is -0.127. The fourth-order valence-electron chi connectivity index (χ4n) is 3.51. The molecule has 1 atom stereocenters. The molecule has 2 fully saturated rings. The van der Waals surface area contributed by atoms with Crippen molar-refractivity contribution in [2.24, 2.45) is 5.92 Å². The minimum absolute atomic E-state index is 0.00973. The van der Waals surface area contributed by atoms with Crippen molar-refractivity contribution in [2.75, 3.05) is 44.3 Å². The first kappa shape index (κ1) is 19.3. The van der Waals surface area contributed by atoms with Gasteiger partial charge in [0, 0.05) is 42.6 Å². The lowest BCUT2D eigenvalue weighted by atomic mass is 10.0. The van der Waals surface area contributed by atoms with E-state index in [1.54, 1.807) is 4.90 Å². The van der Waals surface area contributed by atoms with E-state index in [2.05, 4.69) is 40.0 Å². The largest absolute Gasteiger partial charge is 0.379 e. The molecular formula is C19H26BrN3O3. The van der Waals surface area contributed by atoms with Crippen LogP contribution in [-0.4, -0.2) is 61.6 Å². The smallest absolute Gasteiger partial charge is 0.227 e. The molecule has 1 aromatic rings. The molecule has 0 aliphatic carbocycles. The summed E-state index contributed by atoms with van der Waals surface area (Å²) in [6.45, 7) is 8.46. The molecule has 2 saturated heterocycles. The predicted octanol–water partition coefficient (Wildman–Crippen LogP) is 2.03. The maximum absolute atomic E-state index is 12.6. The Morgan fingerprint density at radius 1 is 1.31 bits per heavy atom. The number of carbonyl (C=O) groups is 2. The van der Waals surface area contributed by atoms with Crippen molar-refractivity contribution in [1.82, 2.24) is 10.2 Å². The van der Waals surface area contributed by atoms with Gasteiger partial charge in [-0.25, -0.2) is 0 Å². The van der Waals surface area contributed by atoms with Crippen LogP contribution in [0.1, 0.15) is 20.3 Å². The van der Waals surface area contributed by atoms with Gasteiger partial charge >= 0.3 is 0 Å². The number of halogens is 1. The van der Waals surface area contributed by atoms with Crippen molar-refractivity contribution in [3.8, 4) is 0 Å². The van der Waals surface area contributed by atoms with Crippen LogP contribution in [0.2, 0.25) is 0 Å². The van der Waals surface area contributed by atoms with Crippen molar-refractivity contribution in [3.63, 3.8) is 0 Å². The monoisotopic (exact) mass is 423 g/mol. The van der Waals surface area contributed by atoms with Gasteiger partial charge in [0.05, 0.1) is 24.8 Å². The van der Waals surface area contributed by atoms with Gasteiger partial charge in [0.1, 0.15) is 0 Å². The number of hydrogen-bond donors (Lipinski definition) is 1. The Bertz CT molecular complexity index is 674. The topological polar surface area (TPSA) is 61.9 Å². The Morgan fingerprint density at radius 3 is 2.69 bits per heavy atom. The summed E-state index contributed by atoms with van der Waals surface area (Å²) in [5.41, 5.74) is 0.686. The molecule has 0 spiro atoms. The van der Waals surface area contributed by atoms with Crippen LogP contribution in [0.15, 0.2) is 28.7 Å². The second-order valence-corrected chi connectivity index (χ2v) is 8.34. The molecule has 0 unspecified atom stereocenters. The quantitative estimate of drug-likeness (QED) is 0.786. The molecule has 2 amide bonds. The molecular weight excluding hydrogens is 398 g/mol. The third kappa shape index (κ3) is 4.27. The summed E-state index contributed by atoms with van der Waals surface area (Å²) in [6, 6.07) is 7.60. The van der Waals surface area contributed by atoms with Gasteiger partial charge in [-0.15, -0.1) is 0 Å². The standard InChI is InChI=1S/C19H26BrN3O3/c1-19(2,22-7-9-26-10-8-22)13-21-18(25)14-11-17(24)23(12-14)16-6-4-3-5-15(16)20/h3-6,14H,7-13H2,1-2H3,(H,21,25)/t14-/m0/s1. The first-order valence-electron chi connectivity index (χ1n) is 9.04. The zero-order valence-electron chi connectivity index (χ0n) is 15.3. The molecule has 1 N–H and O–H groups in total. The van der Waals surface area contributed by atoms with E-state index in [-0.39, 0.29) is 29.7 Å². The number of rotatable bonds is 5. The summed E-state index contributed by atoms with van der Waals surface area (Å²) >= 11 is 3.48. The van der Waals surface area contributed by atoms with Gasteiger partial charge in [0.25, 0.3) is 0 Å². The van der Waals surface area contributed by atoms with Crippen LogP contribution in [0.25, 0.3) is 0 Å². The molecule has 2 aliphatic heterocycles. The molecule has 0 radical (unpaired) electrons. The van der Waals surface area contributed by atoms with E-state index in [1.165, 1.54) is 0 Å². The first-order chi connectivity index (χ1) is 12.4. The van der Waals surface area contributed by atoms with Crippen molar-refractivity contribution in [3.05, 3.63) is 28.7 Å². The Hall–Kier alpha value is -1.44. The van der Waals surface area contributed by atoms with Crippen LogP contribution >= 0.6 is 15.9 Å². The van der Waals surface area contributed by atoms with Gasteiger partial charge in [-0.2, -0.15) is 0 Å². The van der Waals surface area contributed by atoms with Crippen molar-refractivity contribution in [2.45, 2.75) is 25.8 Å². The Balaban J connectivity index is 1.57. The number of amides is 2. The highest BCUT2D eigenvalue weighted by atomic mass is 79.9. The third-order valence-corrected chi connectivity index (χ3v) is 5.87. The van der Waals surface area contributed by atoms with E-state index in [4.69, 9.17) is 4.74 Å². The highest BCUT2D eigenvalue weighted by Crippen LogP contribution is 2.31. The van der Waals surface area contributed by atoms with Crippen molar-refractivity contribution < 1.29 is 14.3 Å². The zero-order chi connectivity index (χ0) is 18.7. The predicted molar refractivity (Wildman–Crippen MR) is 104 cm³/mol. The maximum Gasteiger partial charge on any atom is 0.227 e. The average Bonchev–Trinajstić information content (AvgIpc) is 3.02. The van der Waals surface area contributed by atoms with Gasteiger partial charge in [0.2, 0.25) is 11.8 Å². The second kappa shape index (κ2) is 8.06. The number of anilines is 1. The minimum Gasteiger partial charge on any atom is -0.379 e. The summed E-state index contributed by atoms with van der Waals surface area (Å²) in [5.74, 6) is -0.367. The molecule has 0 aromatic heterocycles. The lowest BCUT2D eigenvalue weighted by Gasteiger charge is -2.41. The van der Waals surface area contributed by atoms with E-state index >= 15 is 0 Å². The fraction of sp³-hybridized carbons (Fsp3) is 0.579. The van der Waals surface area contributed by atoms with E-state index in [1.807, 2.05) is 24.3 Å². The van der Waals surface area contributed by atoms with E-state index in [0.717, 1.165) is 36.5 Å². The molecule has 142 valence electrons. The summed E-state index contributed by atoms with van der Waals surface area (Å²) in [6.07, 6.45) is 0.255. The Morgan fingerprint density at radius 2 is 2.00 bits per heavy atom. The summed E-state index contributed by atoms with van der Waals surface area (Å²) < 4.78 is 6.26. The van der Waals surface area contributed by atoms with Gasteiger partial charge in [-0.1, -0.05) is 12.1 Å². The highest BCUT2D eigenvalue weighted by Gasteiger charge is 2.37. The van der Waals surface area contributed by atoms with Crippen molar-refractivity contribution in [1.29, 1.82) is 0 Å². The van der Waals surface area contributed by atoms with Crippen LogP contribution in [0.4, 0.5) is 5.69 Å². The molecule has 6 nitrogen and oxygen atoms in total. The normalized spacial score (nSPS) is 21.9. The Kier molecular flexibility index (Phi) is 5.99. The minimum atomic E-state index is -0.310. The Labute approximate surface area is 163 Å². The molecule has 7 heteroatoms. The van der Waals surface area contributed by atoms with Gasteiger partial charge in [0.15, 0.2) is 0 Å². The highest BCUT2D eigenvalue weighted by molar-refractivity contribution is 9.10. The van der Waals surface area contributed by atoms with Crippen LogP contribution in [0, 0.1) is 5.92 Å². The van der Waals surface area contributed by atoms with Crippen LogP contribution in [-0.2, 0) is 14.3 Å². The SMILES string of the molecule is CC(C)(CNC(=O)[C@H]1CC(=O)N(c2ccccc2Br)C1)N1CCOCC1. The number of nitrogens with one attached hydrogen (secondary N) is 1. The van der Waals surface area contributed by atoms with E-state index in [9.17, 15) is 9.59 Å². The maximum atomic E-state index is 12.6. The van der Waals surface area contributed by atoms with Crippen LogP contribution in [0.3, 0.4) is 0 Å². The van der Waals surface area contributed by atoms with E-state index in [0.29, 0.717) is 13.1 Å². The van der Waals surface area contributed by atoms with Gasteiger partial charge in [-0.05, 0) is 41.9 Å². The van der Waals surface area contributed by atoms with Gasteiger partial charge < -0.3 is 15.0 Å². The first-order valence-corrected chi connectivity index (χ1v) is 9.83. The summed E-state index contributed by atoms with van der Waals surface area (Å²) in [7, 11) is 0. The molecule has 1 aromatic carbocycles.